The molecule has 0 aromatic heterocycles. The topological polar surface area (TPSA) is 32.3 Å². The van der Waals surface area contributed by atoms with Gasteiger partial charge < -0.3 is 10.4 Å². The molecule has 1 rings (SSSR count). The Hall–Kier alpha value is -0.340. The third-order valence-electron chi connectivity index (χ3n) is 2.58. The maximum Gasteiger partial charge on any atom is 0.0431 e. The molecule has 0 aromatic rings. The molecule has 0 fully saturated rings. The van der Waals surface area contributed by atoms with Crippen LogP contribution in [0.5, 0.6) is 0 Å². The minimum Gasteiger partial charge on any atom is -0.396 e. The average Bonchev–Trinajstić information content (AvgIpc) is 2.16. The monoisotopic (exact) mass is 183 g/mol. The molecule has 0 bridgehead atoms. The van der Waals surface area contributed by atoms with E-state index in [0.717, 1.165) is 12.8 Å². The van der Waals surface area contributed by atoms with E-state index in [-0.39, 0.29) is 0 Å². The summed E-state index contributed by atoms with van der Waals surface area (Å²) >= 11 is 0. The fourth-order valence-electron chi connectivity index (χ4n) is 1.83. The number of aliphatic hydroxyl groups excluding tert-OH is 1. The Morgan fingerprint density at radius 3 is 3.00 bits per heavy atom. The standard InChI is InChI=1S/C11H21NO/c1-10(6-5-9-13)12-11-7-3-2-4-8-11/h2-3,10-13H,4-9H2,1H3. The first-order chi connectivity index (χ1) is 6.33. The molecular formula is C11H21NO. The summed E-state index contributed by atoms with van der Waals surface area (Å²) in [5.74, 6) is 0. The van der Waals surface area contributed by atoms with Crippen molar-refractivity contribution >= 4 is 0 Å². The molecule has 0 saturated carbocycles. The molecule has 0 aliphatic heterocycles. The highest BCUT2D eigenvalue weighted by atomic mass is 16.2. The van der Waals surface area contributed by atoms with Crippen LogP contribution in [0.2, 0.25) is 0 Å². The molecule has 0 radical (unpaired) electrons. The molecule has 1 aliphatic carbocycles. The maximum atomic E-state index is 8.68. The number of hydrogen-bond donors (Lipinski definition) is 2. The molecule has 2 heteroatoms. The van der Waals surface area contributed by atoms with Gasteiger partial charge in [0.25, 0.3) is 0 Å². The maximum absolute atomic E-state index is 8.68. The number of nitrogens with one attached hydrogen (secondary N) is 1. The van der Waals surface area contributed by atoms with Gasteiger partial charge in [0.15, 0.2) is 0 Å². The van der Waals surface area contributed by atoms with Gasteiger partial charge in [-0.3, -0.25) is 0 Å². The van der Waals surface area contributed by atoms with Crippen LogP contribution >= 0.6 is 0 Å². The molecule has 2 N–H and O–H groups in total. The summed E-state index contributed by atoms with van der Waals surface area (Å²) in [5.41, 5.74) is 0. The first-order valence-corrected chi connectivity index (χ1v) is 5.35. The van der Waals surface area contributed by atoms with Crippen molar-refractivity contribution < 1.29 is 5.11 Å². The van der Waals surface area contributed by atoms with Gasteiger partial charge in [0.1, 0.15) is 0 Å². The summed E-state index contributed by atoms with van der Waals surface area (Å²) in [5, 5.41) is 12.3. The van der Waals surface area contributed by atoms with Crippen molar-refractivity contribution in [1.82, 2.24) is 5.32 Å². The largest absolute Gasteiger partial charge is 0.396 e. The average molecular weight is 183 g/mol. The Balaban J connectivity index is 2.11. The van der Waals surface area contributed by atoms with Crippen molar-refractivity contribution in [3.05, 3.63) is 12.2 Å². The third-order valence-corrected chi connectivity index (χ3v) is 2.58. The van der Waals surface area contributed by atoms with E-state index in [1.807, 2.05) is 0 Å². The summed E-state index contributed by atoms with van der Waals surface area (Å²) in [6, 6.07) is 1.21. The van der Waals surface area contributed by atoms with Gasteiger partial charge in [-0.1, -0.05) is 12.2 Å². The lowest BCUT2D eigenvalue weighted by atomic mass is 10.0. The van der Waals surface area contributed by atoms with Gasteiger partial charge in [0, 0.05) is 18.7 Å². The van der Waals surface area contributed by atoms with E-state index in [0.29, 0.717) is 18.7 Å². The SMILES string of the molecule is CC(CCCO)NC1CC=CCC1. The van der Waals surface area contributed by atoms with Crippen LogP contribution in [0.3, 0.4) is 0 Å². The van der Waals surface area contributed by atoms with Crippen LogP contribution in [0.1, 0.15) is 39.0 Å². The summed E-state index contributed by atoms with van der Waals surface area (Å²) < 4.78 is 0. The van der Waals surface area contributed by atoms with E-state index < -0.39 is 0 Å². The number of rotatable bonds is 5. The Kier molecular flexibility index (Phi) is 5.09. The molecular weight excluding hydrogens is 162 g/mol. The van der Waals surface area contributed by atoms with Gasteiger partial charge in [-0.05, 0) is 39.0 Å². The Labute approximate surface area is 81.0 Å². The van der Waals surface area contributed by atoms with Crippen molar-refractivity contribution in [2.45, 2.75) is 51.1 Å². The van der Waals surface area contributed by atoms with Crippen LogP contribution in [0.4, 0.5) is 0 Å². The van der Waals surface area contributed by atoms with Crippen LogP contribution in [0.15, 0.2) is 12.2 Å². The van der Waals surface area contributed by atoms with E-state index in [9.17, 15) is 0 Å². The zero-order valence-corrected chi connectivity index (χ0v) is 8.50. The van der Waals surface area contributed by atoms with Gasteiger partial charge in [-0.15, -0.1) is 0 Å². The Bertz CT molecular complexity index is 156. The number of allylic oxidation sites excluding steroid dienone is 1. The summed E-state index contributed by atoms with van der Waals surface area (Å²) in [7, 11) is 0. The molecule has 2 atom stereocenters. The minimum atomic E-state index is 0.316. The van der Waals surface area contributed by atoms with Crippen molar-refractivity contribution in [1.29, 1.82) is 0 Å². The normalized spacial score (nSPS) is 24.6. The smallest absolute Gasteiger partial charge is 0.0431 e. The molecule has 76 valence electrons. The van der Waals surface area contributed by atoms with E-state index in [1.165, 1.54) is 19.3 Å². The summed E-state index contributed by atoms with van der Waals surface area (Å²) in [6.07, 6.45) is 10.2. The first kappa shape index (κ1) is 10.7. The quantitative estimate of drug-likeness (QED) is 0.637. The number of aliphatic hydroxyl groups is 1. The van der Waals surface area contributed by atoms with Crippen molar-refractivity contribution in [3.8, 4) is 0 Å². The van der Waals surface area contributed by atoms with Crippen LogP contribution in [-0.2, 0) is 0 Å². The highest BCUT2D eigenvalue weighted by Gasteiger charge is 2.11. The lowest BCUT2D eigenvalue weighted by molar-refractivity contribution is 0.272. The third kappa shape index (κ3) is 4.44. The van der Waals surface area contributed by atoms with Crippen LogP contribution in [-0.4, -0.2) is 23.8 Å². The minimum absolute atomic E-state index is 0.316. The fourth-order valence-corrected chi connectivity index (χ4v) is 1.83. The highest BCUT2D eigenvalue weighted by molar-refractivity contribution is 4.93. The summed E-state index contributed by atoms with van der Waals surface area (Å²) in [6.45, 7) is 2.52. The van der Waals surface area contributed by atoms with Crippen molar-refractivity contribution in [2.24, 2.45) is 0 Å². The Morgan fingerprint density at radius 2 is 2.38 bits per heavy atom. The molecule has 2 unspecified atom stereocenters. The first-order valence-electron chi connectivity index (χ1n) is 5.35. The molecule has 13 heavy (non-hydrogen) atoms. The Morgan fingerprint density at radius 1 is 1.54 bits per heavy atom. The van der Waals surface area contributed by atoms with Gasteiger partial charge in [0.2, 0.25) is 0 Å². The lowest BCUT2D eigenvalue weighted by Gasteiger charge is -2.23. The van der Waals surface area contributed by atoms with Crippen molar-refractivity contribution in [3.63, 3.8) is 0 Å². The lowest BCUT2D eigenvalue weighted by Crippen LogP contribution is -2.37. The second-order valence-electron chi connectivity index (χ2n) is 3.91. The number of hydrogen-bond acceptors (Lipinski definition) is 2. The zero-order chi connectivity index (χ0) is 9.52. The molecule has 0 amide bonds. The molecule has 0 aromatic carbocycles. The second kappa shape index (κ2) is 6.17. The molecule has 2 nitrogen and oxygen atoms in total. The van der Waals surface area contributed by atoms with E-state index in [2.05, 4.69) is 24.4 Å². The van der Waals surface area contributed by atoms with Gasteiger partial charge in [-0.2, -0.15) is 0 Å². The van der Waals surface area contributed by atoms with Crippen molar-refractivity contribution in [2.75, 3.05) is 6.61 Å². The van der Waals surface area contributed by atoms with Gasteiger partial charge >= 0.3 is 0 Å². The highest BCUT2D eigenvalue weighted by Crippen LogP contribution is 2.12. The second-order valence-corrected chi connectivity index (χ2v) is 3.91. The molecule has 1 aliphatic rings. The zero-order valence-electron chi connectivity index (χ0n) is 8.50. The summed E-state index contributed by atoms with van der Waals surface area (Å²) in [4.78, 5) is 0. The van der Waals surface area contributed by atoms with E-state index in [4.69, 9.17) is 5.11 Å². The van der Waals surface area contributed by atoms with Gasteiger partial charge in [-0.25, -0.2) is 0 Å². The van der Waals surface area contributed by atoms with E-state index in [1.54, 1.807) is 0 Å². The molecule has 0 saturated heterocycles. The molecule has 0 heterocycles. The fraction of sp³-hybridized carbons (Fsp3) is 0.818. The molecule has 0 spiro atoms. The van der Waals surface area contributed by atoms with E-state index >= 15 is 0 Å². The van der Waals surface area contributed by atoms with Crippen LogP contribution < -0.4 is 5.32 Å². The van der Waals surface area contributed by atoms with Crippen LogP contribution in [0, 0.1) is 0 Å². The van der Waals surface area contributed by atoms with Gasteiger partial charge in [0.05, 0.1) is 0 Å². The predicted molar refractivity (Wildman–Crippen MR) is 55.7 cm³/mol. The predicted octanol–water partition coefficient (Wildman–Crippen LogP) is 1.85. The van der Waals surface area contributed by atoms with Crippen LogP contribution in [0.25, 0.3) is 0 Å².